The number of hydrogen-bond acceptors (Lipinski definition) is 4. The first kappa shape index (κ1) is 24.3. The van der Waals surface area contributed by atoms with Gasteiger partial charge in [0.1, 0.15) is 5.76 Å². The van der Waals surface area contributed by atoms with Gasteiger partial charge in [0.15, 0.2) is 0 Å². The lowest BCUT2D eigenvalue weighted by Crippen LogP contribution is -2.44. The fourth-order valence-electron chi connectivity index (χ4n) is 6.11. The number of rotatable bonds is 9. The number of oxazole rings is 1. The largest absolute Gasteiger partial charge is 0.444 e. The normalized spacial score (nSPS) is 22.8. The smallest absolute Gasteiger partial charge is 0.202 e. The second kappa shape index (κ2) is 12.0. The molecule has 35 heavy (non-hydrogen) atoms. The molecule has 1 aliphatic heterocycles. The Morgan fingerprint density at radius 3 is 2.46 bits per heavy atom. The van der Waals surface area contributed by atoms with Gasteiger partial charge in [0.25, 0.3) is 0 Å². The van der Waals surface area contributed by atoms with Crippen molar-refractivity contribution < 1.29 is 9.15 Å². The Kier molecular flexibility index (Phi) is 8.33. The molecule has 1 aliphatic carbocycles. The molecule has 0 bridgehead atoms. The molecule has 0 spiro atoms. The van der Waals surface area contributed by atoms with Crippen molar-refractivity contribution in [2.75, 3.05) is 13.1 Å². The topological polar surface area (TPSA) is 38.5 Å². The summed E-state index contributed by atoms with van der Waals surface area (Å²) in [6.45, 7) is 5.82. The lowest BCUT2D eigenvalue weighted by molar-refractivity contribution is -0.0504. The molecule has 2 aliphatic rings. The van der Waals surface area contributed by atoms with Gasteiger partial charge in [-0.1, -0.05) is 93.3 Å². The minimum atomic E-state index is 0.260. The number of nitrogens with zero attached hydrogens (tertiary/aromatic N) is 2. The molecule has 4 heteroatoms. The molecule has 4 nitrogen and oxygen atoms in total. The molecule has 5 rings (SSSR count). The van der Waals surface area contributed by atoms with E-state index < -0.39 is 0 Å². The zero-order valence-corrected chi connectivity index (χ0v) is 21.1. The summed E-state index contributed by atoms with van der Waals surface area (Å²) in [7, 11) is 0. The molecule has 2 heterocycles. The van der Waals surface area contributed by atoms with Crippen molar-refractivity contribution in [3.05, 3.63) is 89.6 Å². The van der Waals surface area contributed by atoms with Crippen LogP contribution < -0.4 is 0 Å². The van der Waals surface area contributed by atoms with Gasteiger partial charge in [0.05, 0.1) is 31.4 Å². The number of ether oxygens (including phenoxy) is 1. The third kappa shape index (κ3) is 6.23. The number of hydrogen-bond donors (Lipinski definition) is 0. The third-order valence-electron chi connectivity index (χ3n) is 8.11. The first-order valence-electron chi connectivity index (χ1n) is 13.7. The molecule has 0 N–H and O–H groups in total. The van der Waals surface area contributed by atoms with Crippen molar-refractivity contribution in [3.8, 4) is 0 Å². The summed E-state index contributed by atoms with van der Waals surface area (Å²) in [4.78, 5) is 7.33. The maximum atomic E-state index is 6.48. The van der Waals surface area contributed by atoms with Gasteiger partial charge in [-0.3, -0.25) is 4.90 Å². The zero-order chi connectivity index (χ0) is 23.9. The van der Waals surface area contributed by atoms with Gasteiger partial charge in [-0.05, 0) is 48.8 Å². The third-order valence-corrected chi connectivity index (χ3v) is 8.11. The number of likely N-dealkylation sites (tertiary alicyclic amines) is 1. The molecule has 0 radical (unpaired) electrons. The second-order valence-corrected chi connectivity index (χ2v) is 10.5. The van der Waals surface area contributed by atoms with Crippen molar-refractivity contribution in [2.45, 2.75) is 77.0 Å². The van der Waals surface area contributed by atoms with Crippen LogP contribution in [-0.2, 0) is 17.9 Å². The highest BCUT2D eigenvalue weighted by atomic mass is 16.5. The lowest BCUT2D eigenvalue weighted by atomic mass is 9.77. The van der Waals surface area contributed by atoms with Crippen LogP contribution in [0.5, 0.6) is 0 Å². The van der Waals surface area contributed by atoms with Gasteiger partial charge in [0.2, 0.25) is 5.89 Å². The van der Waals surface area contributed by atoms with Gasteiger partial charge < -0.3 is 9.15 Å². The average molecular weight is 473 g/mol. The van der Waals surface area contributed by atoms with Gasteiger partial charge in [-0.25, -0.2) is 4.98 Å². The summed E-state index contributed by atoms with van der Waals surface area (Å²) in [5, 5.41) is 0. The summed E-state index contributed by atoms with van der Waals surface area (Å²) < 4.78 is 12.9. The molecule has 186 valence electrons. The molecule has 1 saturated heterocycles. The molecular weight excluding hydrogens is 432 g/mol. The van der Waals surface area contributed by atoms with Gasteiger partial charge in [-0.2, -0.15) is 0 Å². The fraction of sp³-hybridized carbons (Fsp3) is 0.516. The molecule has 1 aromatic heterocycles. The van der Waals surface area contributed by atoms with Crippen LogP contribution in [0.3, 0.4) is 0 Å². The zero-order valence-electron chi connectivity index (χ0n) is 21.1. The molecule has 3 atom stereocenters. The van der Waals surface area contributed by atoms with E-state index in [-0.39, 0.29) is 12.0 Å². The monoisotopic (exact) mass is 472 g/mol. The van der Waals surface area contributed by atoms with Crippen LogP contribution in [0.25, 0.3) is 0 Å². The van der Waals surface area contributed by atoms with E-state index in [2.05, 4.69) is 72.5 Å². The maximum Gasteiger partial charge on any atom is 0.202 e. The Morgan fingerprint density at radius 2 is 1.71 bits per heavy atom. The molecule has 3 aromatic rings. The fourth-order valence-corrected chi connectivity index (χ4v) is 6.11. The van der Waals surface area contributed by atoms with Gasteiger partial charge in [-0.15, -0.1) is 0 Å². The molecule has 1 saturated carbocycles. The Balaban J connectivity index is 1.25. The van der Waals surface area contributed by atoms with Crippen LogP contribution in [0.4, 0.5) is 0 Å². The minimum Gasteiger partial charge on any atom is -0.444 e. The first-order chi connectivity index (χ1) is 17.3. The van der Waals surface area contributed by atoms with E-state index in [9.17, 15) is 0 Å². The Hall–Kier alpha value is -2.43. The number of aromatic nitrogens is 1. The lowest BCUT2D eigenvalue weighted by Gasteiger charge is -2.37. The van der Waals surface area contributed by atoms with E-state index >= 15 is 0 Å². The van der Waals surface area contributed by atoms with Crippen molar-refractivity contribution in [3.63, 3.8) is 0 Å². The first-order valence-corrected chi connectivity index (χ1v) is 13.7. The van der Waals surface area contributed by atoms with Crippen molar-refractivity contribution in [1.29, 1.82) is 0 Å². The van der Waals surface area contributed by atoms with E-state index in [1.165, 1.54) is 56.1 Å². The Bertz CT molecular complexity index is 1010. The predicted molar refractivity (Wildman–Crippen MR) is 140 cm³/mol. The summed E-state index contributed by atoms with van der Waals surface area (Å²) in [6.07, 6.45) is 11.1. The van der Waals surface area contributed by atoms with Crippen LogP contribution in [0.15, 0.2) is 71.3 Å². The van der Waals surface area contributed by atoms with Crippen LogP contribution in [0.1, 0.15) is 80.6 Å². The molecular formula is C31H40N2O2. The van der Waals surface area contributed by atoms with Crippen molar-refractivity contribution in [1.82, 2.24) is 9.88 Å². The highest BCUT2D eigenvalue weighted by molar-refractivity contribution is 5.26. The quantitative estimate of drug-likeness (QED) is 0.330. The van der Waals surface area contributed by atoms with Gasteiger partial charge in [0, 0.05) is 6.54 Å². The van der Waals surface area contributed by atoms with Crippen LogP contribution >= 0.6 is 0 Å². The highest BCUT2D eigenvalue weighted by Gasteiger charge is 2.32. The van der Waals surface area contributed by atoms with E-state index in [1.807, 2.05) is 6.20 Å². The van der Waals surface area contributed by atoms with Crippen molar-refractivity contribution >= 4 is 0 Å². The standard InChI is InChI=1S/C31H40N2O2/c1-2-25-18-19-33(22-29(25)34-23-24-12-6-3-7-13-24)21-28-20-32-31(35-28)30(26-14-8-4-9-15-26)27-16-10-5-11-17-27/h3-4,6-9,12-15,20,25,27,29-30H,2,5,10-11,16-19,21-23H2,1H3. The van der Waals surface area contributed by atoms with Crippen molar-refractivity contribution in [2.24, 2.45) is 11.8 Å². The Labute approximate surface area is 210 Å². The van der Waals surface area contributed by atoms with Crippen LogP contribution in [0, 0.1) is 11.8 Å². The van der Waals surface area contributed by atoms with E-state index in [1.54, 1.807) is 0 Å². The summed E-state index contributed by atoms with van der Waals surface area (Å²) in [5.41, 5.74) is 2.58. The molecule has 3 unspecified atom stereocenters. The average Bonchev–Trinajstić information content (AvgIpc) is 3.37. The summed E-state index contributed by atoms with van der Waals surface area (Å²) in [6, 6.07) is 21.4. The Morgan fingerprint density at radius 1 is 0.971 bits per heavy atom. The highest BCUT2D eigenvalue weighted by Crippen LogP contribution is 2.40. The van der Waals surface area contributed by atoms with Crippen LogP contribution in [-0.4, -0.2) is 29.1 Å². The molecule has 0 amide bonds. The summed E-state index contributed by atoms with van der Waals surface area (Å²) in [5.74, 6) is 3.38. The molecule has 2 aromatic carbocycles. The number of benzene rings is 2. The number of piperidine rings is 1. The van der Waals surface area contributed by atoms with Crippen LogP contribution in [0.2, 0.25) is 0 Å². The maximum absolute atomic E-state index is 6.48. The van der Waals surface area contributed by atoms with E-state index in [0.29, 0.717) is 18.4 Å². The SMILES string of the molecule is CCC1CCN(Cc2cnc(C(c3ccccc3)C3CCCCC3)o2)CC1OCc1ccccc1. The summed E-state index contributed by atoms with van der Waals surface area (Å²) >= 11 is 0. The predicted octanol–water partition coefficient (Wildman–Crippen LogP) is 7.20. The second-order valence-electron chi connectivity index (χ2n) is 10.5. The minimum absolute atomic E-state index is 0.260. The molecule has 2 fully saturated rings. The van der Waals surface area contributed by atoms with E-state index in [0.717, 1.165) is 31.3 Å². The van der Waals surface area contributed by atoms with E-state index in [4.69, 9.17) is 14.1 Å². The van der Waals surface area contributed by atoms with Gasteiger partial charge >= 0.3 is 0 Å².